The van der Waals surface area contributed by atoms with Gasteiger partial charge in [0, 0.05) is 19.0 Å². The molecule has 0 radical (unpaired) electrons. The fourth-order valence-corrected chi connectivity index (χ4v) is 4.24. The van der Waals surface area contributed by atoms with Crippen LogP contribution in [0.2, 0.25) is 0 Å². The van der Waals surface area contributed by atoms with Crippen molar-refractivity contribution >= 4 is 23.6 Å². The molecule has 2 fully saturated rings. The highest BCUT2D eigenvalue weighted by Gasteiger charge is 2.45. The fraction of sp³-hybridized carbons (Fsp3) is 0.500. The van der Waals surface area contributed by atoms with Gasteiger partial charge in [0.05, 0.1) is 11.1 Å². The van der Waals surface area contributed by atoms with Crippen LogP contribution in [0.25, 0.3) is 0 Å². The van der Waals surface area contributed by atoms with E-state index in [-0.39, 0.29) is 49.5 Å². The number of rotatable bonds is 4. The molecule has 2 saturated heterocycles. The standard InChI is InChI=1S/C20H21F3N4O4/c21-20(22,23)15-8-11(5-6-24-15)25-9-10-1-2-12-13(7-10)19(31)27(18(12)30)14-3-4-16(28)26-17(14)29/h1-2,7,11,14-15,24-25H,3-6,8-9H2,(H,26,28,29)/t11-,14?,15+/m1/s1. The highest BCUT2D eigenvalue weighted by Crippen LogP contribution is 2.29. The maximum absolute atomic E-state index is 12.9. The van der Waals surface area contributed by atoms with Crippen LogP contribution in [-0.4, -0.2) is 59.4 Å². The zero-order valence-electron chi connectivity index (χ0n) is 16.4. The van der Waals surface area contributed by atoms with Gasteiger partial charge in [-0.05, 0) is 43.5 Å². The average Bonchev–Trinajstić information content (AvgIpc) is 2.96. The first kappa shape index (κ1) is 21.4. The van der Waals surface area contributed by atoms with Gasteiger partial charge in [-0.3, -0.25) is 29.4 Å². The number of nitrogens with zero attached hydrogens (tertiary/aromatic N) is 1. The Labute approximate surface area is 175 Å². The number of carbonyl (C=O) groups is 4. The van der Waals surface area contributed by atoms with Crippen LogP contribution in [0.3, 0.4) is 0 Å². The molecule has 166 valence electrons. The van der Waals surface area contributed by atoms with Crippen LogP contribution in [0.15, 0.2) is 18.2 Å². The molecule has 0 aromatic heterocycles. The smallest absolute Gasteiger partial charge is 0.310 e. The van der Waals surface area contributed by atoms with Gasteiger partial charge in [0.15, 0.2) is 0 Å². The normalized spacial score (nSPS) is 26.8. The molecular weight excluding hydrogens is 417 g/mol. The van der Waals surface area contributed by atoms with E-state index < -0.39 is 41.9 Å². The van der Waals surface area contributed by atoms with Crippen LogP contribution < -0.4 is 16.0 Å². The van der Waals surface area contributed by atoms with Crippen molar-refractivity contribution in [2.75, 3.05) is 6.54 Å². The Bertz CT molecular complexity index is 949. The molecule has 4 amide bonds. The summed E-state index contributed by atoms with van der Waals surface area (Å²) in [5.41, 5.74) is 0.956. The van der Waals surface area contributed by atoms with E-state index in [1.165, 1.54) is 12.1 Å². The first-order chi connectivity index (χ1) is 14.6. The Hall–Kier alpha value is -2.79. The maximum Gasteiger partial charge on any atom is 0.403 e. The second-order valence-corrected chi connectivity index (χ2v) is 7.98. The highest BCUT2D eigenvalue weighted by atomic mass is 19.4. The predicted octanol–water partition coefficient (Wildman–Crippen LogP) is 0.860. The number of amides is 4. The SMILES string of the molecule is O=C1CCC(N2C(=O)c3ccc(CN[C@@H]4CCN[C@H](C(F)(F)F)C4)cc3C2=O)C(=O)N1. The van der Waals surface area contributed by atoms with E-state index in [1.807, 2.05) is 0 Å². The number of nitrogens with one attached hydrogen (secondary N) is 3. The van der Waals surface area contributed by atoms with Crippen LogP contribution in [0.5, 0.6) is 0 Å². The Kier molecular flexibility index (Phi) is 5.56. The maximum atomic E-state index is 12.9. The summed E-state index contributed by atoms with van der Waals surface area (Å²) in [7, 11) is 0. The van der Waals surface area contributed by atoms with Crippen LogP contribution >= 0.6 is 0 Å². The van der Waals surface area contributed by atoms with E-state index in [4.69, 9.17) is 0 Å². The van der Waals surface area contributed by atoms with Gasteiger partial charge in [-0.15, -0.1) is 0 Å². The molecule has 1 aromatic rings. The lowest BCUT2D eigenvalue weighted by Crippen LogP contribution is -2.54. The molecule has 0 aliphatic carbocycles. The summed E-state index contributed by atoms with van der Waals surface area (Å²) in [4.78, 5) is 49.8. The van der Waals surface area contributed by atoms with E-state index in [0.29, 0.717) is 12.0 Å². The summed E-state index contributed by atoms with van der Waals surface area (Å²) >= 11 is 0. The van der Waals surface area contributed by atoms with Gasteiger partial charge in [0.1, 0.15) is 12.1 Å². The molecule has 0 bridgehead atoms. The van der Waals surface area contributed by atoms with Crippen molar-refractivity contribution in [3.05, 3.63) is 34.9 Å². The number of carbonyl (C=O) groups excluding carboxylic acids is 4. The first-order valence-electron chi connectivity index (χ1n) is 10.0. The minimum Gasteiger partial charge on any atom is -0.310 e. The Morgan fingerprint density at radius 2 is 1.81 bits per heavy atom. The minimum absolute atomic E-state index is 0.0359. The van der Waals surface area contributed by atoms with Crippen molar-refractivity contribution in [3.63, 3.8) is 0 Å². The zero-order valence-corrected chi connectivity index (χ0v) is 16.4. The molecule has 1 unspecified atom stereocenters. The molecule has 3 N–H and O–H groups in total. The molecule has 3 aliphatic rings. The van der Waals surface area contributed by atoms with Crippen molar-refractivity contribution in [1.82, 2.24) is 20.9 Å². The van der Waals surface area contributed by atoms with Gasteiger partial charge in [-0.2, -0.15) is 13.2 Å². The summed E-state index contributed by atoms with van der Waals surface area (Å²) in [5.74, 6) is -2.34. The molecule has 1 aromatic carbocycles. The topological polar surface area (TPSA) is 108 Å². The van der Waals surface area contributed by atoms with Crippen LogP contribution in [0.1, 0.15) is 52.0 Å². The number of piperidine rings is 2. The highest BCUT2D eigenvalue weighted by molar-refractivity contribution is 6.23. The van der Waals surface area contributed by atoms with Gasteiger partial charge >= 0.3 is 6.18 Å². The van der Waals surface area contributed by atoms with Gasteiger partial charge in [0.2, 0.25) is 11.8 Å². The predicted molar refractivity (Wildman–Crippen MR) is 101 cm³/mol. The summed E-state index contributed by atoms with van der Waals surface area (Å²) < 4.78 is 38.8. The fourth-order valence-electron chi connectivity index (χ4n) is 4.24. The second-order valence-electron chi connectivity index (χ2n) is 7.98. The van der Waals surface area contributed by atoms with Gasteiger partial charge in [-0.1, -0.05) is 6.07 Å². The number of imide groups is 2. The third-order valence-corrected chi connectivity index (χ3v) is 5.90. The lowest BCUT2D eigenvalue weighted by molar-refractivity contribution is -0.161. The number of fused-ring (bicyclic) bond motifs is 1. The number of hydrogen-bond acceptors (Lipinski definition) is 6. The molecule has 31 heavy (non-hydrogen) atoms. The first-order valence-corrected chi connectivity index (χ1v) is 10.0. The van der Waals surface area contributed by atoms with Crippen molar-refractivity contribution < 1.29 is 32.3 Å². The Morgan fingerprint density at radius 3 is 2.52 bits per heavy atom. The van der Waals surface area contributed by atoms with E-state index >= 15 is 0 Å². The third-order valence-electron chi connectivity index (χ3n) is 5.90. The molecule has 3 atom stereocenters. The number of halogens is 3. The summed E-state index contributed by atoms with van der Waals surface area (Å²) in [6, 6.07) is 1.71. The van der Waals surface area contributed by atoms with Crippen molar-refractivity contribution in [2.24, 2.45) is 0 Å². The molecular formula is C20H21F3N4O4. The molecule has 0 saturated carbocycles. The van der Waals surface area contributed by atoms with E-state index in [2.05, 4.69) is 16.0 Å². The number of benzene rings is 1. The van der Waals surface area contributed by atoms with E-state index in [1.54, 1.807) is 6.07 Å². The second kappa shape index (κ2) is 8.04. The molecule has 0 spiro atoms. The molecule has 3 aliphatic heterocycles. The molecule has 11 heteroatoms. The van der Waals surface area contributed by atoms with E-state index in [0.717, 1.165) is 4.90 Å². The van der Waals surface area contributed by atoms with Gasteiger partial charge in [0.25, 0.3) is 11.8 Å². The Balaban J connectivity index is 1.44. The van der Waals surface area contributed by atoms with Crippen molar-refractivity contribution in [3.8, 4) is 0 Å². The van der Waals surface area contributed by atoms with Gasteiger partial charge in [-0.25, -0.2) is 0 Å². The van der Waals surface area contributed by atoms with E-state index in [9.17, 15) is 32.3 Å². The largest absolute Gasteiger partial charge is 0.403 e. The van der Waals surface area contributed by atoms with Gasteiger partial charge < -0.3 is 10.6 Å². The molecule has 4 rings (SSSR count). The number of hydrogen-bond donors (Lipinski definition) is 3. The minimum atomic E-state index is -4.31. The Morgan fingerprint density at radius 1 is 1.06 bits per heavy atom. The average molecular weight is 438 g/mol. The summed E-state index contributed by atoms with van der Waals surface area (Å²) in [6.45, 7) is 0.488. The van der Waals surface area contributed by atoms with Crippen molar-refractivity contribution in [1.29, 1.82) is 0 Å². The summed E-state index contributed by atoms with van der Waals surface area (Å²) in [5, 5.41) is 7.70. The van der Waals surface area contributed by atoms with Crippen molar-refractivity contribution in [2.45, 2.75) is 56.5 Å². The molecule has 8 nitrogen and oxygen atoms in total. The molecule has 3 heterocycles. The van der Waals surface area contributed by atoms with Crippen LogP contribution in [0.4, 0.5) is 13.2 Å². The third kappa shape index (κ3) is 4.19. The number of alkyl halides is 3. The monoisotopic (exact) mass is 438 g/mol. The van der Waals surface area contributed by atoms with Crippen LogP contribution in [0, 0.1) is 0 Å². The summed E-state index contributed by atoms with van der Waals surface area (Å²) in [6.07, 6.45) is -3.75. The zero-order chi connectivity index (χ0) is 22.3. The quantitative estimate of drug-likeness (QED) is 0.602. The lowest BCUT2D eigenvalue weighted by Gasteiger charge is -2.32. The lowest BCUT2D eigenvalue weighted by atomic mass is 9.98. The van der Waals surface area contributed by atoms with Crippen LogP contribution in [-0.2, 0) is 16.1 Å².